The summed E-state index contributed by atoms with van der Waals surface area (Å²) in [5, 5.41) is 0. The molecule has 1 saturated heterocycles. The molecule has 2 fully saturated rings. The molecule has 0 aromatic heterocycles. The molecule has 3 nitrogen and oxygen atoms in total. The van der Waals surface area contributed by atoms with Crippen molar-refractivity contribution < 1.29 is 4.79 Å². The number of carbonyl (C=O) groups excluding carboxylic acids is 1. The molecule has 1 aliphatic heterocycles. The van der Waals surface area contributed by atoms with Crippen LogP contribution in [0.1, 0.15) is 39.0 Å². The lowest BCUT2D eigenvalue weighted by Gasteiger charge is -2.40. The largest absolute Gasteiger partial charge is 0.336 e. The van der Waals surface area contributed by atoms with Crippen molar-refractivity contribution in [3.8, 4) is 0 Å². The number of piperidine rings is 1. The van der Waals surface area contributed by atoms with E-state index < -0.39 is 0 Å². The third kappa shape index (κ3) is 1.78. The normalized spacial score (nSPS) is 33.1. The van der Waals surface area contributed by atoms with E-state index >= 15 is 0 Å². The molecule has 2 unspecified atom stereocenters. The Hall–Kier alpha value is -0.570. The zero-order valence-corrected chi connectivity index (χ0v) is 8.91. The first-order chi connectivity index (χ1) is 6.74. The van der Waals surface area contributed by atoms with Crippen LogP contribution in [0.4, 0.5) is 0 Å². The van der Waals surface area contributed by atoms with E-state index in [-0.39, 0.29) is 0 Å². The number of nitrogens with zero attached hydrogens (tertiary/aromatic N) is 1. The second kappa shape index (κ2) is 3.89. The fourth-order valence-corrected chi connectivity index (χ4v) is 2.46. The van der Waals surface area contributed by atoms with Crippen LogP contribution in [0.2, 0.25) is 0 Å². The Labute approximate surface area is 85.6 Å². The fourth-order valence-electron chi connectivity index (χ4n) is 2.46. The molecule has 2 aliphatic rings. The topological polar surface area (TPSA) is 46.3 Å². The molecule has 2 N–H and O–H groups in total. The third-order valence-corrected chi connectivity index (χ3v) is 3.48. The maximum absolute atomic E-state index is 12.0. The van der Waals surface area contributed by atoms with Crippen molar-refractivity contribution in [2.24, 2.45) is 11.7 Å². The second-order valence-corrected chi connectivity index (χ2v) is 4.69. The number of hydrogen-bond acceptors (Lipinski definition) is 2. The second-order valence-electron chi connectivity index (χ2n) is 4.69. The molecule has 0 spiro atoms. The van der Waals surface area contributed by atoms with Crippen LogP contribution in [-0.4, -0.2) is 29.4 Å². The summed E-state index contributed by atoms with van der Waals surface area (Å²) >= 11 is 0. The van der Waals surface area contributed by atoms with E-state index in [1.54, 1.807) is 0 Å². The quantitative estimate of drug-likeness (QED) is 0.719. The van der Waals surface area contributed by atoms with Gasteiger partial charge < -0.3 is 10.6 Å². The van der Waals surface area contributed by atoms with Gasteiger partial charge in [0.15, 0.2) is 0 Å². The zero-order valence-electron chi connectivity index (χ0n) is 8.91. The number of carbonyl (C=O) groups is 1. The molecule has 0 bridgehead atoms. The molecule has 0 aromatic carbocycles. The van der Waals surface area contributed by atoms with Gasteiger partial charge in [-0.25, -0.2) is 0 Å². The SMILES string of the molecule is CC1CCCC(CN)N1C(=O)C1CC1. The lowest BCUT2D eigenvalue weighted by Crippen LogP contribution is -2.52. The number of likely N-dealkylation sites (tertiary alicyclic amines) is 1. The average molecular weight is 196 g/mol. The highest BCUT2D eigenvalue weighted by molar-refractivity contribution is 5.81. The van der Waals surface area contributed by atoms with E-state index in [4.69, 9.17) is 5.73 Å². The van der Waals surface area contributed by atoms with Crippen LogP contribution in [0.25, 0.3) is 0 Å². The fraction of sp³-hybridized carbons (Fsp3) is 0.909. The molecule has 0 aromatic rings. The monoisotopic (exact) mass is 196 g/mol. The summed E-state index contributed by atoms with van der Waals surface area (Å²) in [7, 11) is 0. The number of nitrogens with two attached hydrogens (primary N) is 1. The minimum atomic E-state index is 0.312. The van der Waals surface area contributed by atoms with Crippen LogP contribution in [0, 0.1) is 5.92 Å². The molecule has 80 valence electrons. The lowest BCUT2D eigenvalue weighted by molar-refractivity contribution is -0.138. The van der Waals surface area contributed by atoms with Gasteiger partial charge in [-0.3, -0.25) is 4.79 Å². The Balaban J connectivity index is 2.05. The van der Waals surface area contributed by atoms with Crippen LogP contribution in [-0.2, 0) is 4.79 Å². The zero-order chi connectivity index (χ0) is 10.1. The maximum Gasteiger partial charge on any atom is 0.226 e. The molecule has 2 rings (SSSR count). The van der Waals surface area contributed by atoms with Crippen molar-refractivity contribution in [2.45, 2.75) is 51.1 Å². The summed E-state index contributed by atoms with van der Waals surface area (Å²) in [6.45, 7) is 2.78. The van der Waals surface area contributed by atoms with E-state index in [2.05, 4.69) is 11.8 Å². The van der Waals surface area contributed by atoms with Crippen molar-refractivity contribution in [3.05, 3.63) is 0 Å². The Morgan fingerprint density at radius 1 is 1.36 bits per heavy atom. The summed E-state index contributed by atoms with van der Waals surface area (Å²) in [6, 6.07) is 0.720. The van der Waals surface area contributed by atoms with Gasteiger partial charge in [-0.05, 0) is 39.0 Å². The van der Waals surface area contributed by atoms with Gasteiger partial charge in [-0.1, -0.05) is 0 Å². The Kier molecular flexibility index (Phi) is 2.77. The first-order valence-corrected chi connectivity index (χ1v) is 5.76. The molecule has 2 atom stereocenters. The van der Waals surface area contributed by atoms with Gasteiger partial charge in [0.25, 0.3) is 0 Å². The molecular weight excluding hydrogens is 176 g/mol. The van der Waals surface area contributed by atoms with Crippen LogP contribution >= 0.6 is 0 Å². The number of amides is 1. The molecule has 14 heavy (non-hydrogen) atoms. The Morgan fingerprint density at radius 3 is 2.64 bits per heavy atom. The van der Waals surface area contributed by atoms with E-state index in [1.807, 2.05) is 0 Å². The molecular formula is C11H20N2O. The minimum absolute atomic E-state index is 0.312. The van der Waals surface area contributed by atoms with Gasteiger partial charge in [-0.15, -0.1) is 0 Å². The van der Waals surface area contributed by atoms with Gasteiger partial charge >= 0.3 is 0 Å². The predicted molar refractivity (Wildman–Crippen MR) is 55.7 cm³/mol. The number of rotatable bonds is 2. The van der Waals surface area contributed by atoms with Gasteiger partial charge in [-0.2, -0.15) is 0 Å². The highest BCUT2D eigenvalue weighted by atomic mass is 16.2. The van der Waals surface area contributed by atoms with E-state index in [1.165, 1.54) is 6.42 Å². The molecule has 3 heteroatoms. The van der Waals surface area contributed by atoms with Crippen LogP contribution in [0.5, 0.6) is 0 Å². The highest BCUT2D eigenvalue weighted by Gasteiger charge is 2.39. The average Bonchev–Trinajstić information content (AvgIpc) is 2.99. The summed E-state index contributed by atoms with van der Waals surface area (Å²) in [5.74, 6) is 0.706. The molecule has 1 saturated carbocycles. The smallest absolute Gasteiger partial charge is 0.226 e. The summed E-state index contributed by atoms with van der Waals surface area (Å²) in [5.41, 5.74) is 5.72. The van der Waals surface area contributed by atoms with Crippen molar-refractivity contribution >= 4 is 5.91 Å². The van der Waals surface area contributed by atoms with Crippen molar-refractivity contribution in [1.82, 2.24) is 4.90 Å². The molecule has 1 heterocycles. The van der Waals surface area contributed by atoms with Gasteiger partial charge in [0.1, 0.15) is 0 Å². The lowest BCUT2D eigenvalue weighted by atomic mass is 9.96. The number of hydrogen-bond donors (Lipinski definition) is 1. The minimum Gasteiger partial charge on any atom is -0.336 e. The van der Waals surface area contributed by atoms with E-state index in [9.17, 15) is 4.79 Å². The highest BCUT2D eigenvalue weighted by Crippen LogP contribution is 2.34. The van der Waals surface area contributed by atoms with Crippen LogP contribution < -0.4 is 5.73 Å². The van der Waals surface area contributed by atoms with Gasteiger partial charge in [0, 0.05) is 24.5 Å². The third-order valence-electron chi connectivity index (χ3n) is 3.48. The van der Waals surface area contributed by atoms with Crippen molar-refractivity contribution in [2.75, 3.05) is 6.54 Å². The summed E-state index contributed by atoms with van der Waals surface area (Å²) < 4.78 is 0. The van der Waals surface area contributed by atoms with Gasteiger partial charge in [0.05, 0.1) is 0 Å². The van der Waals surface area contributed by atoms with Crippen molar-refractivity contribution in [3.63, 3.8) is 0 Å². The van der Waals surface area contributed by atoms with Crippen LogP contribution in [0.3, 0.4) is 0 Å². The van der Waals surface area contributed by atoms with Gasteiger partial charge in [0.2, 0.25) is 5.91 Å². The molecule has 1 aliphatic carbocycles. The maximum atomic E-state index is 12.0. The Morgan fingerprint density at radius 2 is 2.07 bits per heavy atom. The van der Waals surface area contributed by atoms with E-state index in [0.29, 0.717) is 30.5 Å². The predicted octanol–water partition coefficient (Wildman–Crippen LogP) is 1.12. The van der Waals surface area contributed by atoms with Crippen molar-refractivity contribution in [1.29, 1.82) is 0 Å². The summed E-state index contributed by atoms with van der Waals surface area (Å²) in [4.78, 5) is 14.1. The summed E-state index contributed by atoms with van der Waals surface area (Å²) in [6.07, 6.45) is 5.66. The molecule has 1 amide bonds. The van der Waals surface area contributed by atoms with Crippen LogP contribution in [0.15, 0.2) is 0 Å². The Bertz CT molecular complexity index is 225. The van der Waals surface area contributed by atoms with E-state index in [0.717, 1.165) is 25.7 Å². The standard InChI is InChI=1S/C11H20N2O/c1-8-3-2-4-10(7-12)13(8)11(14)9-5-6-9/h8-10H,2-7,12H2,1H3. The first-order valence-electron chi connectivity index (χ1n) is 5.76. The first kappa shape index (κ1) is 9.97. The molecule has 0 radical (unpaired) electrons.